The number of aromatic nitrogens is 2. The fourth-order valence-corrected chi connectivity index (χ4v) is 4.97. The smallest absolute Gasteiger partial charge is 0.257 e. The van der Waals surface area contributed by atoms with E-state index < -0.39 is 15.9 Å². The van der Waals surface area contributed by atoms with E-state index in [-0.39, 0.29) is 11.9 Å². The first-order valence-corrected chi connectivity index (χ1v) is 13.7. The first kappa shape index (κ1) is 26.5. The number of hydrogen-bond donors (Lipinski definition) is 1. The normalized spacial score (nSPS) is 15.0. The SMILES string of the molecule is CCCCCS(=O)(=O)NC(=O)/C=C/c1cc(OC2CCOCC2)nn1Cc1ccc(Cl)cc1Cl. The van der Waals surface area contributed by atoms with Gasteiger partial charge in [-0.25, -0.2) is 13.1 Å². The molecule has 1 aliphatic heterocycles. The highest BCUT2D eigenvalue weighted by Crippen LogP contribution is 2.24. The van der Waals surface area contributed by atoms with E-state index in [1.165, 1.54) is 12.2 Å². The van der Waals surface area contributed by atoms with Crippen molar-refractivity contribution in [3.05, 3.63) is 51.6 Å². The van der Waals surface area contributed by atoms with E-state index in [0.717, 1.165) is 31.2 Å². The van der Waals surface area contributed by atoms with E-state index in [2.05, 4.69) is 9.82 Å². The lowest BCUT2D eigenvalue weighted by Crippen LogP contribution is -2.31. The molecule has 0 radical (unpaired) electrons. The Hall–Kier alpha value is -2.07. The van der Waals surface area contributed by atoms with Gasteiger partial charge in [0.1, 0.15) is 6.10 Å². The molecule has 2 heterocycles. The second-order valence-corrected chi connectivity index (χ2v) is 10.7. The average molecular weight is 530 g/mol. The van der Waals surface area contributed by atoms with E-state index in [9.17, 15) is 13.2 Å². The number of carbonyl (C=O) groups excluding carboxylic acids is 1. The molecular formula is C23H29Cl2N3O5S. The number of benzene rings is 1. The summed E-state index contributed by atoms with van der Waals surface area (Å²) in [6.07, 6.45) is 6.38. The molecular weight excluding hydrogens is 501 g/mol. The van der Waals surface area contributed by atoms with Crippen LogP contribution < -0.4 is 9.46 Å². The summed E-state index contributed by atoms with van der Waals surface area (Å²) < 4.78 is 39.3. The first-order chi connectivity index (χ1) is 16.3. The molecule has 1 amide bonds. The summed E-state index contributed by atoms with van der Waals surface area (Å²) in [6.45, 7) is 3.55. The van der Waals surface area contributed by atoms with E-state index in [1.54, 1.807) is 28.9 Å². The molecule has 1 fully saturated rings. The van der Waals surface area contributed by atoms with Crippen LogP contribution in [0.1, 0.15) is 50.3 Å². The Labute approximate surface area is 210 Å². The molecule has 1 aliphatic rings. The Morgan fingerprint density at radius 1 is 1.26 bits per heavy atom. The largest absolute Gasteiger partial charge is 0.473 e. The molecule has 0 bridgehead atoms. The highest BCUT2D eigenvalue weighted by Gasteiger charge is 2.18. The summed E-state index contributed by atoms with van der Waals surface area (Å²) in [7, 11) is -3.68. The molecule has 11 heteroatoms. The lowest BCUT2D eigenvalue weighted by Gasteiger charge is -2.21. The maximum atomic E-state index is 12.3. The standard InChI is InChI=1S/C23H29Cl2N3O5S/c1-2-3-4-13-34(30,31)27-22(29)8-7-19-15-23(33-20-9-11-32-12-10-20)26-28(19)16-17-5-6-18(24)14-21(17)25/h5-8,14-15,20H,2-4,9-13,16H2,1H3,(H,27,29)/b8-7+. The fraction of sp³-hybridized carbons (Fsp3) is 0.478. The molecule has 0 aliphatic carbocycles. The van der Waals surface area contributed by atoms with E-state index in [0.29, 0.717) is 47.8 Å². The maximum Gasteiger partial charge on any atom is 0.257 e. The van der Waals surface area contributed by atoms with Crippen molar-refractivity contribution in [2.24, 2.45) is 0 Å². The van der Waals surface area contributed by atoms with Gasteiger partial charge >= 0.3 is 0 Å². The zero-order valence-electron chi connectivity index (χ0n) is 19.0. The summed E-state index contributed by atoms with van der Waals surface area (Å²) in [5.41, 5.74) is 1.34. The second kappa shape index (κ2) is 12.6. The summed E-state index contributed by atoms with van der Waals surface area (Å²) in [5, 5.41) is 5.54. The van der Waals surface area contributed by atoms with Crippen molar-refractivity contribution in [2.75, 3.05) is 19.0 Å². The lowest BCUT2D eigenvalue weighted by molar-refractivity contribution is -0.114. The van der Waals surface area contributed by atoms with Crippen molar-refractivity contribution in [2.45, 2.75) is 51.7 Å². The van der Waals surface area contributed by atoms with Crippen molar-refractivity contribution in [3.63, 3.8) is 0 Å². The predicted octanol–water partition coefficient (Wildman–Crippen LogP) is 4.45. The van der Waals surface area contributed by atoms with Gasteiger partial charge in [0.25, 0.3) is 5.91 Å². The predicted molar refractivity (Wildman–Crippen MR) is 133 cm³/mol. The van der Waals surface area contributed by atoms with Crippen LogP contribution in [0.2, 0.25) is 10.0 Å². The molecule has 186 valence electrons. The minimum atomic E-state index is -3.68. The van der Waals surface area contributed by atoms with Gasteiger partial charge < -0.3 is 9.47 Å². The number of nitrogens with one attached hydrogen (secondary N) is 1. The van der Waals surface area contributed by atoms with Crippen molar-refractivity contribution in [1.29, 1.82) is 0 Å². The Bertz CT molecular complexity index is 1110. The minimum absolute atomic E-state index is 0.00962. The molecule has 0 saturated carbocycles. The molecule has 1 saturated heterocycles. The number of unbranched alkanes of at least 4 members (excludes halogenated alkanes) is 2. The number of ether oxygens (including phenoxy) is 2. The molecule has 8 nitrogen and oxygen atoms in total. The quantitative estimate of drug-likeness (QED) is 0.341. The third kappa shape index (κ3) is 8.30. The van der Waals surface area contributed by atoms with Gasteiger partial charge in [-0.05, 0) is 30.2 Å². The Morgan fingerprint density at radius 2 is 2.03 bits per heavy atom. The van der Waals surface area contributed by atoms with Gasteiger partial charge in [-0.3, -0.25) is 9.48 Å². The number of hydrogen-bond acceptors (Lipinski definition) is 6. The van der Waals surface area contributed by atoms with Crippen molar-refractivity contribution in [1.82, 2.24) is 14.5 Å². The number of amides is 1. The molecule has 1 aromatic carbocycles. The summed E-state index contributed by atoms with van der Waals surface area (Å²) in [4.78, 5) is 12.3. The summed E-state index contributed by atoms with van der Waals surface area (Å²) >= 11 is 12.3. The number of rotatable bonds is 11. The highest BCUT2D eigenvalue weighted by atomic mass is 35.5. The number of carbonyl (C=O) groups is 1. The molecule has 34 heavy (non-hydrogen) atoms. The maximum absolute atomic E-state index is 12.3. The molecule has 0 spiro atoms. The Balaban J connectivity index is 1.76. The number of sulfonamides is 1. The average Bonchev–Trinajstić information content (AvgIpc) is 3.15. The molecule has 0 unspecified atom stereocenters. The van der Waals surface area contributed by atoms with Crippen LogP contribution in [0.3, 0.4) is 0 Å². The zero-order chi connectivity index (χ0) is 24.6. The van der Waals surface area contributed by atoms with Crippen molar-refractivity contribution in [3.8, 4) is 5.88 Å². The van der Waals surface area contributed by atoms with Crippen molar-refractivity contribution >= 4 is 45.2 Å². The van der Waals surface area contributed by atoms with Gasteiger partial charge in [-0.1, -0.05) is 49.0 Å². The number of nitrogens with zero attached hydrogens (tertiary/aromatic N) is 2. The monoisotopic (exact) mass is 529 g/mol. The van der Waals surface area contributed by atoms with E-state index >= 15 is 0 Å². The highest BCUT2D eigenvalue weighted by molar-refractivity contribution is 7.90. The number of halogens is 2. The second-order valence-electron chi connectivity index (χ2n) is 8.06. The molecule has 2 aromatic rings. The molecule has 0 atom stereocenters. The van der Waals surface area contributed by atoms with Crippen LogP contribution in [0.5, 0.6) is 5.88 Å². The summed E-state index contributed by atoms with van der Waals surface area (Å²) in [5.74, 6) is -0.402. The van der Waals surface area contributed by atoms with Crippen LogP contribution in [0.4, 0.5) is 0 Å². The molecule has 1 N–H and O–H groups in total. The fourth-order valence-electron chi connectivity index (χ4n) is 3.44. The van der Waals surface area contributed by atoms with Gasteiger partial charge in [-0.15, -0.1) is 5.10 Å². The van der Waals surface area contributed by atoms with E-state index in [4.69, 9.17) is 32.7 Å². The molecule has 1 aromatic heterocycles. The van der Waals surface area contributed by atoms with Gasteiger partial charge in [-0.2, -0.15) is 0 Å². The van der Waals surface area contributed by atoms with Crippen LogP contribution in [-0.4, -0.2) is 49.2 Å². The van der Waals surface area contributed by atoms with Crippen LogP contribution in [-0.2, 0) is 26.1 Å². The third-order valence-corrected chi connectivity index (χ3v) is 7.18. The lowest BCUT2D eigenvalue weighted by atomic mass is 10.2. The van der Waals surface area contributed by atoms with Gasteiger partial charge in [0.15, 0.2) is 0 Å². The van der Waals surface area contributed by atoms with Crippen LogP contribution in [0.25, 0.3) is 6.08 Å². The topological polar surface area (TPSA) is 99.5 Å². The zero-order valence-corrected chi connectivity index (χ0v) is 21.3. The first-order valence-electron chi connectivity index (χ1n) is 11.2. The van der Waals surface area contributed by atoms with Gasteiger partial charge in [0.05, 0.1) is 31.2 Å². The van der Waals surface area contributed by atoms with Gasteiger partial charge in [0.2, 0.25) is 15.9 Å². The summed E-state index contributed by atoms with van der Waals surface area (Å²) in [6, 6.07) is 6.89. The van der Waals surface area contributed by atoms with Crippen LogP contribution >= 0.6 is 23.2 Å². The van der Waals surface area contributed by atoms with Crippen LogP contribution in [0.15, 0.2) is 30.3 Å². The third-order valence-electron chi connectivity index (χ3n) is 5.26. The van der Waals surface area contributed by atoms with Gasteiger partial charge in [0, 0.05) is 35.0 Å². The van der Waals surface area contributed by atoms with Crippen molar-refractivity contribution < 1.29 is 22.7 Å². The molecule has 3 rings (SSSR count). The Kier molecular flexibility index (Phi) is 9.82. The Morgan fingerprint density at radius 3 is 2.74 bits per heavy atom. The minimum Gasteiger partial charge on any atom is -0.473 e. The van der Waals surface area contributed by atoms with E-state index in [1.807, 2.05) is 6.92 Å². The van der Waals surface area contributed by atoms with Crippen LogP contribution in [0, 0.1) is 0 Å².